The van der Waals surface area contributed by atoms with Gasteiger partial charge in [0.2, 0.25) is 0 Å². The largest absolute Gasteiger partial charge is 0.393 e. The van der Waals surface area contributed by atoms with E-state index in [4.69, 9.17) is 0 Å². The monoisotopic (exact) mass is 256 g/mol. The Morgan fingerprint density at radius 1 is 1.44 bits per heavy atom. The number of aliphatic hydroxyl groups is 1. The van der Waals surface area contributed by atoms with Crippen molar-refractivity contribution in [2.45, 2.75) is 58.6 Å². The van der Waals surface area contributed by atoms with E-state index in [0.717, 1.165) is 6.42 Å². The maximum absolute atomic E-state index is 12.0. The number of nitrogens with one attached hydrogen (secondary N) is 1. The molecule has 4 heteroatoms. The first-order valence-corrected chi connectivity index (χ1v) is 7.11. The lowest BCUT2D eigenvalue weighted by atomic mass is 9.78. The first-order valence-electron chi connectivity index (χ1n) is 7.11. The topological polar surface area (TPSA) is 52.6 Å². The van der Waals surface area contributed by atoms with E-state index in [1.54, 1.807) is 18.9 Å². The number of carbonyl (C=O) groups is 1. The first-order chi connectivity index (χ1) is 8.41. The van der Waals surface area contributed by atoms with Gasteiger partial charge in [-0.15, -0.1) is 0 Å². The molecule has 4 nitrogen and oxygen atoms in total. The summed E-state index contributed by atoms with van der Waals surface area (Å²) in [6, 6.07) is 0.289. The van der Waals surface area contributed by atoms with Crippen LogP contribution < -0.4 is 5.32 Å². The van der Waals surface area contributed by atoms with Crippen LogP contribution in [0.2, 0.25) is 0 Å². The molecular formula is C14H28N2O2. The fraction of sp³-hybridized carbons (Fsp3) is 0.929. The molecule has 106 valence electrons. The molecule has 1 saturated carbocycles. The summed E-state index contributed by atoms with van der Waals surface area (Å²) >= 11 is 0. The Kier molecular flexibility index (Phi) is 5.93. The third-order valence-electron chi connectivity index (χ3n) is 4.24. The predicted molar refractivity (Wildman–Crippen MR) is 73.4 cm³/mol. The van der Waals surface area contributed by atoms with Crippen molar-refractivity contribution in [3.8, 4) is 0 Å². The highest BCUT2D eigenvalue weighted by molar-refractivity contribution is 5.74. The molecule has 1 fully saturated rings. The minimum absolute atomic E-state index is 0.0124. The fourth-order valence-electron chi connectivity index (χ4n) is 2.54. The summed E-state index contributed by atoms with van der Waals surface area (Å²) in [4.78, 5) is 13.7. The summed E-state index contributed by atoms with van der Waals surface area (Å²) in [5, 5.41) is 12.4. The van der Waals surface area contributed by atoms with Gasteiger partial charge in [-0.1, -0.05) is 26.7 Å². The number of urea groups is 1. The molecule has 1 rings (SSSR count). The van der Waals surface area contributed by atoms with Gasteiger partial charge in [0, 0.05) is 19.6 Å². The molecule has 0 saturated heterocycles. The molecule has 2 amide bonds. The lowest BCUT2D eigenvalue weighted by Gasteiger charge is -2.35. The van der Waals surface area contributed by atoms with Gasteiger partial charge in [-0.3, -0.25) is 0 Å². The molecule has 0 aromatic rings. The van der Waals surface area contributed by atoms with E-state index in [1.807, 2.05) is 0 Å². The highest BCUT2D eigenvalue weighted by atomic mass is 16.3. The molecule has 0 heterocycles. The van der Waals surface area contributed by atoms with Crippen LogP contribution in [0.3, 0.4) is 0 Å². The van der Waals surface area contributed by atoms with Crippen molar-refractivity contribution >= 4 is 6.03 Å². The molecule has 18 heavy (non-hydrogen) atoms. The van der Waals surface area contributed by atoms with Crippen molar-refractivity contribution < 1.29 is 9.90 Å². The molecule has 1 aliphatic rings. The molecule has 4 atom stereocenters. The highest BCUT2D eigenvalue weighted by Crippen LogP contribution is 2.29. The van der Waals surface area contributed by atoms with Gasteiger partial charge in [0.25, 0.3) is 0 Å². The Hall–Kier alpha value is -0.770. The Morgan fingerprint density at radius 3 is 2.72 bits per heavy atom. The lowest BCUT2D eigenvalue weighted by molar-refractivity contribution is 0.154. The molecule has 0 aromatic heterocycles. The number of nitrogens with zero attached hydrogens (tertiary/aromatic N) is 1. The third kappa shape index (κ3) is 4.48. The summed E-state index contributed by atoms with van der Waals surface area (Å²) in [7, 11) is 1.79. The van der Waals surface area contributed by atoms with Crippen molar-refractivity contribution in [1.29, 1.82) is 0 Å². The number of aliphatic hydroxyl groups excluding tert-OH is 1. The van der Waals surface area contributed by atoms with Crippen LogP contribution in [-0.2, 0) is 0 Å². The second-order valence-electron chi connectivity index (χ2n) is 5.88. The van der Waals surface area contributed by atoms with E-state index in [9.17, 15) is 9.90 Å². The molecule has 0 spiro atoms. The van der Waals surface area contributed by atoms with Crippen molar-refractivity contribution in [2.75, 3.05) is 13.6 Å². The number of amides is 2. The van der Waals surface area contributed by atoms with Gasteiger partial charge < -0.3 is 15.3 Å². The number of hydrogen-bond acceptors (Lipinski definition) is 2. The van der Waals surface area contributed by atoms with Gasteiger partial charge >= 0.3 is 6.03 Å². The van der Waals surface area contributed by atoms with E-state index >= 15 is 0 Å². The van der Waals surface area contributed by atoms with Crippen molar-refractivity contribution in [2.24, 2.45) is 11.8 Å². The second-order valence-corrected chi connectivity index (χ2v) is 5.88. The van der Waals surface area contributed by atoms with Crippen LogP contribution in [0.25, 0.3) is 0 Å². The molecule has 0 aliphatic heterocycles. The average molecular weight is 256 g/mol. The Balaban J connectivity index is 2.38. The third-order valence-corrected chi connectivity index (χ3v) is 4.24. The smallest absolute Gasteiger partial charge is 0.317 e. The average Bonchev–Trinajstić information content (AvgIpc) is 2.31. The van der Waals surface area contributed by atoms with E-state index in [-0.39, 0.29) is 12.1 Å². The summed E-state index contributed by atoms with van der Waals surface area (Å²) in [6.45, 7) is 6.83. The van der Waals surface area contributed by atoms with Gasteiger partial charge in [-0.05, 0) is 31.6 Å². The Bertz CT molecular complexity index is 269. The minimum Gasteiger partial charge on any atom is -0.393 e. The zero-order chi connectivity index (χ0) is 13.7. The molecule has 4 unspecified atom stereocenters. The zero-order valence-corrected chi connectivity index (χ0v) is 12.1. The van der Waals surface area contributed by atoms with Crippen LogP contribution >= 0.6 is 0 Å². The van der Waals surface area contributed by atoms with Gasteiger partial charge in [-0.2, -0.15) is 0 Å². The van der Waals surface area contributed by atoms with Crippen LogP contribution in [0.15, 0.2) is 0 Å². The second kappa shape index (κ2) is 6.98. The van der Waals surface area contributed by atoms with E-state index in [0.29, 0.717) is 30.8 Å². The quantitative estimate of drug-likeness (QED) is 0.810. The van der Waals surface area contributed by atoms with Crippen molar-refractivity contribution in [1.82, 2.24) is 10.2 Å². The Morgan fingerprint density at radius 2 is 2.11 bits per heavy atom. The van der Waals surface area contributed by atoms with Crippen molar-refractivity contribution in [3.05, 3.63) is 0 Å². The van der Waals surface area contributed by atoms with E-state index in [2.05, 4.69) is 19.2 Å². The maximum Gasteiger partial charge on any atom is 0.317 e. The van der Waals surface area contributed by atoms with Crippen LogP contribution in [0.4, 0.5) is 4.79 Å². The normalized spacial score (nSPS) is 29.7. The highest BCUT2D eigenvalue weighted by Gasteiger charge is 2.28. The first kappa shape index (κ1) is 15.3. The summed E-state index contributed by atoms with van der Waals surface area (Å²) in [6.07, 6.45) is 3.83. The van der Waals surface area contributed by atoms with Gasteiger partial charge in [0.05, 0.1) is 6.10 Å². The number of carbonyl (C=O) groups excluding carboxylic acids is 1. The summed E-state index contributed by atoms with van der Waals surface area (Å²) < 4.78 is 0. The number of rotatable bonds is 4. The minimum atomic E-state index is -0.353. The molecule has 0 aromatic carbocycles. The molecule has 1 aliphatic carbocycles. The van der Waals surface area contributed by atoms with E-state index < -0.39 is 0 Å². The summed E-state index contributed by atoms with van der Waals surface area (Å²) in [5.41, 5.74) is 0. The van der Waals surface area contributed by atoms with Crippen LogP contribution in [0, 0.1) is 11.8 Å². The molecule has 2 N–H and O–H groups in total. The fourth-order valence-corrected chi connectivity index (χ4v) is 2.54. The van der Waals surface area contributed by atoms with Crippen LogP contribution in [-0.4, -0.2) is 41.8 Å². The predicted octanol–water partition coefficient (Wildman–Crippen LogP) is 2.22. The summed E-state index contributed by atoms with van der Waals surface area (Å²) in [5.74, 6) is 1.24. The van der Waals surface area contributed by atoms with Crippen LogP contribution in [0.5, 0.6) is 0 Å². The maximum atomic E-state index is 12.0. The number of hydrogen-bond donors (Lipinski definition) is 2. The Labute approximate surface area is 111 Å². The van der Waals surface area contributed by atoms with Crippen molar-refractivity contribution in [3.63, 3.8) is 0 Å². The van der Waals surface area contributed by atoms with Gasteiger partial charge in [0.15, 0.2) is 0 Å². The van der Waals surface area contributed by atoms with Crippen LogP contribution in [0.1, 0.15) is 46.5 Å². The van der Waals surface area contributed by atoms with E-state index in [1.165, 1.54) is 12.8 Å². The molecule has 0 radical (unpaired) electrons. The standard InChI is InChI=1S/C14H28N2O2/c1-10-6-5-7-13(12(10)3)15-14(18)16(4)9-8-11(2)17/h10-13,17H,5-9H2,1-4H3,(H,15,18). The zero-order valence-electron chi connectivity index (χ0n) is 12.1. The molecule has 0 bridgehead atoms. The molecular weight excluding hydrogens is 228 g/mol. The van der Waals surface area contributed by atoms with Gasteiger partial charge in [-0.25, -0.2) is 4.79 Å². The van der Waals surface area contributed by atoms with Gasteiger partial charge in [0.1, 0.15) is 0 Å². The SMILES string of the molecule is CC(O)CCN(C)C(=O)NC1CCCC(C)C1C. The lowest BCUT2D eigenvalue weighted by Crippen LogP contribution is -2.48.